The van der Waals surface area contributed by atoms with Gasteiger partial charge in [-0.2, -0.15) is 0 Å². The minimum atomic E-state index is 0.372. The normalized spacial score (nSPS) is 10.8. The number of fused-ring (bicyclic) bond motifs is 1. The summed E-state index contributed by atoms with van der Waals surface area (Å²) in [6.45, 7) is 0. The molecule has 0 amide bonds. The lowest BCUT2D eigenvalue weighted by atomic mass is 10.2. The molecule has 0 aliphatic carbocycles. The minimum Gasteiger partial charge on any atom is -0.389 e. The van der Waals surface area contributed by atoms with Crippen molar-refractivity contribution in [1.29, 1.82) is 0 Å². The number of aromatic nitrogens is 1. The van der Waals surface area contributed by atoms with E-state index in [1.807, 2.05) is 36.4 Å². The zero-order chi connectivity index (χ0) is 15.0. The Hall–Kier alpha value is -1.21. The van der Waals surface area contributed by atoms with Crippen molar-refractivity contribution in [3.05, 3.63) is 51.5 Å². The number of thiazole rings is 1. The summed E-state index contributed by atoms with van der Waals surface area (Å²) in [4.78, 5) is 4.90. The predicted octanol–water partition coefficient (Wildman–Crippen LogP) is 5.09. The van der Waals surface area contributed by atoms with Crippen molar-refractivity contribution in [2.75, 3.05) is 5.32 Å². The van der Waals surface area contributed by atoms with Gasteiger partial charge in [0.25, 0.3) is 0 Å². The van der Waals surface area contributed by atoms with E-state index in [0.717, 1.165) is 31.1 Å². The Morgan fingerprint density at radius 1 is 1.29 bits per heavy atom. The summed E-state index contributed by atoms with van der Waals surface area (Å²) < 4.78 is 1.92. The molecule has 0 bridgehead atoms. The molecule has 3 aromatic rings. The summed E-state index contributed by atoms with van der Waals surface area (Å²) in [5.74, 6) is 0. The number of halogens is 2. The first-order chi connectivity index (χ1) is 10.0. The Bertz CT molecular complexity index is 847. The quantitative estimate of drug-likeness (QED) is 0.603. The van der Waals surface area contributed by atoms with Crippen LogP contribution in [0.2, 0.25) is 5.02 Å². The van der Waals surface area contributed by atoms with E-state index in [4.69, 9.17) is 29.6 Å². The number of rotatable bonds is 3. The van der Waals surface area contributed by atoms with Gasteiger partial charge in [0, 0.05) is 15.1 Å². The Kier molecular flexibility index (Phi) is 4.12. The van der Waals surface area contributed by atoms with E-state index in [1.54, 1.807) is 11.3 Å². The van der Waals surface area contributed by atoms with Crippen molar-refractivity contribution in [3.8, 4) is 0 Å². The van der Waals surface area contributed by atoms with E-state index in [9.17, 15) is 0 Å². The van der Waals surface area contributed by atoms with Crippen LogP contribution in [0, 0.1) is 0 Å². The number of benzene rings is 2. The average Bonchev–Trinajstić information content (AvgIpc) is 2.82. The molecule has 0 radical (unpaired) electrons. The molecule has 0 fully saturated rings. The lowest BCUT2D eigenvalue weighted by Crippen LogP contribution is -2.09. The van der Waals surface area contributed by atoms with Crippen LogP contribution in [0.1, 0.15) is 5.56 Å². The number of nitrogens with one attached hydrogen (secondary N) is 1. The van der Waals surface area contributed by atoms with E-state index < -0.39 is 0 Å². The first-order valence-corrected chi connectivity index (χ1v) is 8.35. The Balaban J connectivity index is 1.93. The second kappa shape index (κ2) is 5.88. The first-order valence-electron chi connectivity index (χ1n) is 5.95. The van der Waals surface area contributed by atoms with Crippen molar-refractivity contribution < 1.29 is 0 Å². The first kappa shape index (κ1) is 14.7. The maximum absolute atomic E-state index is 5.99. The third-order valence-corrected chi connectivity index (χ3v) is 4.91. The van der Waals surface area contributed by atoms with Gasteiger partial charge in [-0.3, -0.25) is 0 Å². The molecule has 0 unspecified atom stereocenters. The SMILES string of the molecule is NC(=S)c1ccc(Nc2nc3ccc(Cl)cc3s2)c(Br)c1. The van der Waals surface area contributed by atoms with Crippen molar-refractivity contribution in [1.82, 2.24) is 4.98 Å². The van der Waals surface area contributed by atoms with Crippen LogP contribution in [0.5, 0.6) is 0 Å². The fourth-order valence-corrected chi connectivity index (χ4v) is 3.60. The molecule has 7 heteroatoms. The Morgan fingerprint density at radius 2 is 2.10 bits per heavy atom. The van der Waals surface area contributed by atoms with Crippen LogP contribution in [-0.2, 0) is 0 Å². The van der Waals surface area contributed by atoms with E-state index in [2.05, 4.69) is 26.2 Å². The average molecular weight is 399 g/mol. The van der Waals surface area contributed by atoms with Gasteiger partial charge < -0.3 is 11.1 Å². The fraction of sp³-hybridized carbons (Fsp3) is 0. The number of nitrogens with zero attached hydrogens (tertiary/aromatic N) is 1. The van der Waals surface area contributed by atoms with E-state index in [0.29, 0.717) is 10.0 Å². The number of thiocarbonyl (C=S) groups is 1. The number of hydrogen-bond donors (Lipinski definition) is 2. The van der Waals surface area contributed by atoms with Gasteiger partial charge in [-0.1, -0.05) is 35.2 Å². The van der Waals surface area contributed by atoms with Crippen LogP contribution in [-0.4, -0.2) is 9.97 Å². The maximum Gasteiger partial charge on any atom is 0.188 e. The molecule has 3 nitrogen and oxygen atoms in total. The summed E-state index contributed by atoms with van der Waals surface area (Å²) in [6, 6.07) is 11.3. The molecule has 21 heavy (non-hydrogen) atoms. The van der Waals surface area contributed by atoms with Gasteiger partial charge in [-0.25, -0.2) is 4.98 Å². The molecule has 1 heterocycles. The molecule has 0 aliphatic rings. The van der Waals surface area contributed by atoms with Gasteiger partial charge in [0.2, 0.25) is 0 Å². The number of hydrogen-bond acceptors (Lipinski definition) is 4. The lowest BCUT2D eigenvalue weighted by molar-refractivity contribution is 1.43. The third kappa shape index (κ3) is 3.18. The maximum atomic E-state index is 5.99. The Morgan fingerprint density at radius 3 is 2.81 bits per heavy atom. The summed E-state index contributed by atoms with van der Waals surface area (Å²) in [6.07, 6.45) is 0. The van der Waals surface area contributed by atoms with E-state index >= 15 is 0 Å². The molecule has 0 saturated heterocycles. The highest BCUT2D eigenvalue weighted by atomic mass is 79.9. The van der Waals surface area contributed by atoms with Crippen molar-refractivity contribution in [3.63, 3.8) is 0 Å². The summed E-state index contributed by atoms with van der Waals surface area (Å²) in [7, 11) is 0. The molecule has 0 spiro atoms. The van der Waals surface area contributed by atoms with Gasteiger partial charge in [0.05, 0.1) is 15.9 Å². The predicted molar refractivity (Wildman–Crippen MR) is 97.9 cm³/mol. The number of anilines is 2. The molecular formula is C14H9BrClN3S2. The fourth-order valence-electron chi connectivity index (χ4n) is 1.84. The highest BCUT2D eigenvalue weighted by Crippen LogP contribution is 2.32. The van der Waals surface area contributed by atoms with Gasteiger partial charge in [-0.15, -0.1) is 0 Å². The summed E-state index contributed by atoms with van der Waals surface area (Å²) in [5, 5.41) is 4.79. The molecule has 3 N–H and O–H groups in total. The van der Waals surface area contributed by atoms with E-state index in [1.165, 1.54) is 0 Å². The smallest absolute Gasteiger partial charge is 0.188 e. The summed E-state index contributed by atoms with van der Waals surface area (Å²) >= 11 is 16.0. The van der Waals surface area contributed by atoms with Crippen LogP contribution >= 0.6 is 51.1 Å². The van der Waals surface area contributed by atoms with Crippen LogP contribution in [0.4, 0.5) is 10.8 Å². The zero-order valence-electron chi connectivity index (χ0n) is 10.6. The van der Waals surface area contributed by atoms with E-state index in [-0.39, 0.29) is 0 Å². The molecule has 0 aliphatic heterocycles. The molecule has 106 valence electrons. The van der Waals surface area contributed by atoms with Gasteiger partial charge >= 0.3 is 0 Å². The number of nitrogens with two attached hydrogens (primary N) is 1. The monoisotopic (exact) mass is 397 g/mol. The lowest BCUT2D eigenvalue weighted by Gasteiger charge is -2.07. The third-order valence-electron chi connectivity index (χ3n) is 2.85. The highest BCUT2D eigenvalue weighted by Gasteiger charge is 2.08. The topological polar surface area (TPSA) is 50.9 Å². The molecule has 3 rings (SSSR count). The molecule has 0 atom stereocenters. The highest BCUT2D eigenvalue weighted by molar-refractivity contribution is 9.10. The molecule has 2 aromatic carbocycles. The second-order valence-electron chi connectivity index (χ2n) is 4.31. The Labute approximate surface area is 144 Å². The van der Waals surface area contributed by atoms with Crippen LogP contribution in [0.25, 0.3) is 10.2 Å². The van der Waals surface area contributed by atoms with Gasteiger partial charge in [0.15, 0.2) is 5.13 Å². The minimum absolute atomic E-state index is 0.372. The molecular weight excluding hydrogens is 390 g/mol. The van der Waals surface area contributed by atoms with Crippen LogP contribution < -0.4 is 11.1 Å². The molecule has 0 saturated carbocycles. The van der Waals surface area contributed by atoms with Gasteiger partial charge in [0.1, 0.15) is 4.99 Å². The van der Waals surface area contributed by atoms with Crippen molar-refractivity contribution in [2.24, 2.45) is 5.73 Å². The largest absolute Gasteiger partial charge is 0.389 e. The van der Waals surface area contributed by atoms with Crippen molar-refractivity contribution >= 4 is 77.1 Å². The summed E-state index contributed by atoms with van der Waals surface area (Å²) in [5.41, 5.74) is 8.26. The van der Waals surface area contributed by atoms with Gasteiger partial charge in [-0.05, 0) is 52.3 Å². The van der Waals surface area contributed by atoms with Crippen molar-refractivity contribution in [2.45, 2.75) is 0 Å². The van der Waals surface area contributed by atoms with Crippen LogP contribution in [0.15, 0.2) is 40.9 Å². The second-order valence-corrected chi connectivity index (χ2v) is 7.08. The zero-order valence-corrected chi connectivity index (χ0v) is 14.5. The standard InChI is InChI=1S/C14H9BrClN3S2/c15-9-5-7(13(17)20)1-3-10(9)18-14-19-11-4-2-8(16)6-12(11)21-14/h1-6H,(H2,17,20)(H,18,19). The molecule has 1 aromatic heterocycles. The van der Waals surface area contributed by atoms with Crippen LogP contribution in [0.3, 0.4) is 0 Å².